The monoisotopic (exact) mass is 424 g/mol. The number of hydrogen-bond donors (Lipinski definition) is 4. The van der Waals surface area contributed by atoms with Gasteiger partial charge in [-0.2, -0.15) is 4.98 Å². The maximum absolute atomic E-state index is 14.3. The summed E-state index contributed by atoms with van der Waals surface area (Å²) in [4.78, 5) is 8.32. The highest BCUT2D eigenvalue weighted by Crippen LogP contribution is 2.29. The molecule has 4 N–H and O–H groups in total. The van der Waals surface area contributed by atoms with Gasteiger partial charge in [0.25, 0.3) is 0 Å². The molecule has 0 amide bonds. The maximum atomic E-state index is 14.3. The molecule has 0 atom stereocenters. The minimum Gasteiger partial charge on any atom is -0.491 e. The summed E-state index contributed by atoms with van der Waals surface area (Å²) in [5.41, 5.74) is 6.80. The summed E-state index contributed by atoms with van der Waals surface area (Å²) in [6.07, 6.45) is 1.21. The van der Waals surface area contributed by atoms with Gasteiger partial charge < -0.3 is 25.5 Å². The van der Waals surface area contributed by atoms with Gasteiger partial charge in [-0.1, -0.05) is 0 Å². The zero-order chi connectivity index (χ0) is 21.8. The second-order valence-corrected chi connectivity index (χ2v) is 7.38. The van der Waals surface area contributed by atoms with Gasteiger partial charge in [0.1, 0.15) is 5.75 Å². The van der Waals surface area contributed by atoms with Crippen LogP contribution in [0.3, 0.4) is 0 Å². The molecular weight excluding hydrogens is 399 g/mol. The molecule has 0 spiro atoms. The molecule has 0 saturated carbocycles. The van der Waals surface area contributed by atoms with E-state index in [4.69, 9.17) is 9.84 Å². The molecular formula is C22H25FN6O2. The third-order valence-electron chi connectivity index (χ3n) is 4.64. The van der Waals surface area contributed by atoms with Gasteiger partial charge in [-0.05, 0) is 61.9 Å². The molecule has 0 saturated heterocycles. The quantitative estimate of drug-likeness (QED) is 0.435. The van der Waals surface area contributed by atoms with Crippen LogP contribution in [0.15, 0.2) is 48.7 Å². The van der Waals surface area contributed by atoms with Crippen molar-refractivity contribution >= 4 is 28.8 Å². The lowest BCUT2D eigenvalue weighted by molar-refractivity contribution is 0.242. The molecule has 3 aromatic rings. The van der Waals surface area contributed by atoms with Gasteiger partial charge in [0.05, 0.1) is 31.1 Å². The standard InChI is InChI=1S/C22H25FN6O2/c1-14(2)31-18-6-3-16(4-7-18)26-21-19(23)13-24-22(28-21)27-17-5-8-20-15(11-17)12-25-29(20)9-10-30/h3-8,11,13-14,25,30H,9-10,12H2,1-2H3,(H2,24,26,27,28). The number of aliphatic hydroxyl groups is 1. The number of benzene rings is 2. The molecule has 162 valence electrons. The molecule has 1 aliphatic rings. The first-order valence-electron chi connectivity index (χ1n) is 10.1. The number of hydrazine groups is 1. The number of fused-ring (bicyclic) bond motifs is 1. The van der Waals surface area contributed by atoms with Crippen LogP contribution < -0.4 is 25.8 Å². The molecule has 0 radical (unpaired) electrons. The van der Waals surface area contributed by atoms with Crippen molar-refractivity contribution in [2.75, 3.05) is 28.8 Å². The molecule has 0 bridgehead atoms. The van der Waals surface area contributed by atoms with E-state index in [1.807, 2.05) is 49.2 Å². The lowest BCUT2D eigenvalue weighted by Crippen LogP contribution is -2.34. The van der Waals surface area contributed by atoms with Crippen molar-refractivity contribution < 1.29 is 14.2 Å². The molecule has 2 heterocycles. The van der Waals surface area contributed by atoms with E-state index in [-0.39, 0.29) is 24.5 Å². The molecule has 0 unspecified atom stereocenters. The van der Waals surface area contributed by atoms with Crippen LogP contribution in [0, 0.1) is 5.82 Å². The Balaban J connectivity index is 1.47. The fraction of sp³-hybridized carbons (Fsp3) is 0.273. The molecule has 1 aromatic heterocycles. The molecule has 1 aliphatic heterocycles. The average Bonchev–Trinajstić information content (AvgIpc) is 3.14. The van der Waals surface area contributed by atoms with Crippen molar-refractivity contribution in [3.63, 3.8) is 0 Å². The van der Waals surface area contributed by atoms with Crippen molar-refractivity contribution in [3.8, 4) is 5.75 Å². The van der Waals surface area contributed by atoms with Crippen molar-refractivity contribution in [1.82, 2.24) is 15.4 Å². The Kier molecular flexibility index (Phi) is 6.15. The van der Waals surface area contributed by atoms with E-state index < -0.39 is 5.82 Å². The Morgan fingerprint density at radius 3 is 2.68 bits per heavy atom. The van der Waals surface area contributed by atoms with Crippen molar-refractivity contribution in [3.05, 3.63) is 60.0 Å². The highest BCUT2D eigenvalue weighted by atomic mass is 19.1. The first kappa shape index (κ1) is 20.8. The third kappa shape index (κ3) is 5.01. The van der Waals surface area contributed by atoms with Crippen molar-refractivity contribution in [2.45, 2.75) is 26.5 Å². The predicted molar refractivity (Wildman–Crippen MR) is 118 cm³/mol. The predicted octanol–water partition coefficient (Wildman–Crippen LogP) is 3.71. The van der Waals surface area contributed by atoms with Crippen LogP contribution >= 0.6 is 0 Å². The Hall–Kier alpha value is -3.43. The van der Waals surface area contributed by atoms with Crippen LogP contribution in [0.25, 0.3) is 0 Å². The first-order chi connectivity index (χ1) is 15.0. The molecule has 4 rings (SSSR count). The highest BCUT2D eigenvalue weighted by Gasteiger charge is 2.18. The van der Waals surface area contributed by atoms with Gasteiger partial charge in [0.15, 0.2) is 11.6 Å². The SMILES string of the molecule is CC(C)Oc1ccc(Nc2nc(Nc3ccc4c(c3)CNN4CCO)ncc2F)cc1. The van der Waals surface area contributed by atoms with Gasteiger partial charge >= 0.3 is 0 Å². The summed E-state index contributed by atoms with van der Waals surface area (Å²) < 4.78 is 19.9. The topological polar surface area (TPSA) is 94.6 Å². The molecule has 8 nitrogen and oxygen atoms in total. The molecule has 0 aliphatic carbocycles. The Morgan fingerprint density at radius 2 is 1.94 bits per heavy atom. The van der Waals surface area contributed by atoms with Crippen LogP contribution in [-0.4, -0.2) is 34.3 Å². The van der Waals surface area contributed by atoms with E-state index in [0.717, 1.165) is 28.9 Å². The summed E-state index contributed by atoms with van der Waals surface area (Å²) in [6.45, 7) is 5.16. The summed E-state index contributed by atoms with van der Waals surface area (Å²) >= 11 is 0. The van der Waals surface area contributed by atoms with Crippen LogP contribution in [0.4, 0.5) is 33.2 Å². The summed E-state index contributed by atoms with van der Waals surface area (Å²) in [5.74, 6) is 0.550. The average molecular weight is 424 g/mol. The lowest BCUT2D eigenvalue weighted by Gasteiger charge is -2.17. The summed E-state index contributed by atoms with van der Waals surface area (Å²) in [7, 11) is 0. The Labute approximate surface area is 180 Å². The van der Waals surface area contributed by atoms with Gasteiger partial charge in [0, 0.05) is 17.9 Å². The number of halogens is 1. The maximum Gasteiger partial charge on any atom is 0.229 e. The smallest absolute Gasteiger partial charge is 0.229 e. The zero-order valence-electron chi connectivity index (χ0n) is 17.4. The number of aliphatic hydroxyl groups excluding tert-OH is 1. The lowest BCUT2D eigenvalue weighted by atomic mass is 10.1. The number of nitrogens with zero attached hydrogens (tertiary/aromatic N) is 3. The van der Waals surface area contributed by atoms with E-state index in [2.05, 4.69) is 26.0 Å². The second-order valence-electron chi connectivity index (χ2n) is 7.38. The van der Waals surface area contributed by atoms with Gasteiger partial charge in [-0.15, -0.1) is 0 Å². The fourth-order valence-electron chi connectivity index (χ4n) is 3.30. The number of nitrogens with one attached hydrogen (secondary N) is 3. The van der Waals surface area contributed by atoms with Crippen LogP contribution in [-0.2, 0) is 6.54 Å². The van der Waals surface area contributed by atoms with Gasteiger partial charge in [0.2, 0.25) is 5.95 Å². The summed E-state index contributed by atoms with van der Waals surface area (Å²) in [6, 6.07) is 13.1. The number of anilines is 5. The minimum absolute atomic E-state index is 0.0686. The number of β-amino-alcohol motifs (C(OH)–C–C–N with tert-alkyl or cyclic N) is 1. The van der Waals surface area contributed by atoms with E-state index in [0.29, 0.717) is 18.8 Å². The molecule has 2 aromatic carbocycles. The van der Waals surface area contributed by atoms with E-state index in [1.54, 1.807) is 12.1 Å². The van der Waals surface area contributed by atoms with E-state index in [1.165, 1.54) is 0 Å². The normalized spacial score (nSPS) is 12.7. The number of hydrogen-bond acceptors (Lipinski definition) is 8. The van der Waals surface area contributed by atoms with Crippen LogP contribution in [0.1, 0.15) is 19.4 Å². The van der Waals surface area contributed by atoms with Crippen molar-refractivity contribution in [2.24, 2.45) is 0 Å². The van der Waals surface area contributed by atoms with Crippen LogP contribution in [0.5, 0.6) is 5.75 Å². The number of aromatic nitrogens is 2. The Bertz CT molecular complexity index is 1040. The fourth-order valence-corrected chi connectivity index (χ4v) is 3.30. The van der Waals surface area contributed by atoms with E-state index >= 15 is 0 Å². The van der Waals surface area contributed by atoms with E-state index in [9.17, 15) is 4.39 Å². The van der Waals surface area contributed by atoms with Gasteiger partial charge in [-0.3, -0.25) is 0 Å². The first-order valence-corrected chi connectivity index (χ1v) is 10.1. The highest BCUT2D eigenvalue weighted by molar-refractivity contribution is 5.66. The molecule has 31 heavy (non-hydrogen) atoms. The van der Waals surface area contributed by atoms with Crippen molar-refractivity contribution in [1.29, 1.82) is 0 Å². The third-order valence-corrected chi connectivity index (χ3v) is 4.64. The summed E-state index contributed by atoms with van der Waals surface area (Å²) in [5, 5.41) is 17.2. The number of ether oxygens (including phenoxy) is 1. The second kappa shape index (κ2) is 9.15. The van der Waals surface area contributed by atoms with Gasteiger partial charge in [-0.25, -0.2) is 14.8 Å². The van der Waals surface area contributed by atoms with Crippen LogP contribution in [0.2, 0.25) is 0 Å². The molecule has 9 heteroatoms. The Morgan fingerprint density at radius 1 is 1.16 bits per heavy atom. The molecule has 0 fully saturated rings. The number of rotatable bonds is 8. The zero-order valence-corrected chi connectivity index (χ0v) is 17.4. The largest absolute Gasteiger partial charge is 0.491 e. The minimum atomic E-state index is -0.550.